The van der Waals surface area contributed by atoms with Crippen molar-refractivity contribution in [3.8, 4) is 0 Å². The summed E-state index contributed by atoms with van der Waals surface area (Å²) in [7, 11) is 0. The molecular weight excluding hydrogens is 332 g/mol. The van der Waals surface area contributed by atoms with Crippen LogP contribution in [0.5, 0.6) is 0 Å². The maximum absolute atomic E-state index is 12.5. The number of thiocarbonyl (C=S) groups is 1. The summed E-state index contributed by atoms with van der Waals surface area (Å²) < 4.78 is 5.28. The van der Waals surface area contributed by atoms with Gasteiger partial charge in [0.05, 0.1) is 18.2 Å². The van der Waals surface area contributed by atoms with Crippen molar-refractivity contribution < 1.29 is 9.53 Å². The molecule has 1 aliphatic carbocycles. The molecule has 2 aliphatic rings. The molecule has 1 aromatic rings. The Balaban J connectivity index is 2.04. The minimum Gasteiger partial charge on any atom is -0.463 e. The van der Waals surface area contributed by atoms with Gasteiger partial charge in [0.25, 0.3) is 0 Å². The first-order valence-corrected chi connectivity index (χ1v) is 8.54. The van der Waals surface area contributed by atoms with Gasteiger partial charge in [0.1, 0.15) is 0 Å². The van der Waals surface area contributed by atoms with Crippen molar-refractivity contribution in [2.24, 2.45) is 0 Å². The van der Waals surface area contributed by atoms with Gasteiger partial charge in [-0.05, 0) is 56.6 Å². The van der Waals surface area contributed by atoms with E-state index in [4.69, 9.17) is 28.6 Å². The normalized spacial score (nSPS) is 21.3. The fourth-order valence-corrected chi connectivity index (χ4v) is 3.44. The Labute approximate surface area is 146 Å². The van der Waals surface area contributed by atoms with Crippen molar-refractivity contribution in [3.63, 3.8) is 0 Å². The van der Waals surface area contributed by atoms with E-state index in [1.54, 1.807) is 0 Å². The molecule has 1 heterocycles. The van der Waals surface area contributed by atoms with Crippen LogP contribution in [-0.4, -0.2) is 28.6 Å². The van der Waals surface area contributed by atoms with Gasteiger partial charge in [-0.25, -0.2) is 4.79 Å². The summed E-state index contributed by atoms with van der Waals surface area (Å²) in [5.41, 5.74) is 2.44. The summed E-state index contributed by atoms with van der Waals surface area (Å²) in [6.07, 6.45) is 2.20. The van der Waals surface area contributed by atoms with Gasteiger partial charge in [0.2, 0.25) is 0 Å². The fraction of sp³-hybridized carbons (Fsp3) is 0.412. The lowest BCUT2D eigenvalue weighted by atomic mass is 9.95. The molecule has 122 valence electrons. The highest BCUT2D eigenvalue weighted by Gasteiger charge is 2.40. The molecule has 1 saturated carbocycles. The van der Waals surface area contributed by atoms with Crippen LogP contribution < -0.4 is 5.32 Å². The van der Waals surface area contributed by atoms with Crippen LogP contribution in [0.15, 0.2) is 35.5 Å². The second kappa shape index (κ2) is 6.49. The van der Waals surface area contributed by atoms with Crippen molar-refractivity contribution in [1.29, 1.82) is 0 Å². The number of ether oxygens (including phenoxy) is 1. The molecule has 1 N–H and O–H groups in total. The Morgan fingerprint density at radius 1 is 1.39 bits per heavy atom. The third kappa shape index (κ3) is 3.21. The smallest absolute Gasteiger partial charge is 0.338 e. The second-order valence-corrected chi connectivity index (χ2v) is 6.58. The quantitative estimate of drug-likeness (QED) is 0.664. The van der Waals surface area contributed by atoms with E-state index in [0.29, 0.717) is 28.4 Å². The minimum atomic E-state index is -0.311. The third-order valence-electron chi connectivity index (χ3n) is 4.14. The van der Waals surface area contributed by atoms with E-state index in [1.807, 2.05) is 43.0 Å². The van der Waals surface area contributed by atoms with E-state index in [-0.39, 0.29) is 12.0 Å². The fourth-order valence-electron chi connectivity index (χ4n) is 2.91. The molecule has 0 radical (unpaired) electrons. The van der Waals surface area contributed by atoms with Crippen LogP contribution in [0.3, 0.4) is 0 Å². The Bertz CT molecular complexity index is 668. The van der Waals surface area contributed by atoms with Gasteiger partial charge in [-0.15, -0.1) is 0 Å². The standard InChI is InChI=1S/C17H19ClN2O2S/c1-3-22-16(21)14-10(2)20(13-8-9-13)17(23)19-15(14)11-4-6-12(18)7-5-11/h4-7,13,15H,3,8-9H2,1-2H3,(H,19,23)/t15-/m1/s1. The van der Waals surface area contributed by atoms with Crippen LogP contribution in [0, 0.1) is 0 Å². The van der Waals surface area contributed by atoms with Crippen molar-refractivity contribution in [1.82, 2.24) is 10.2 Å². The molecule has 3 rings (SSSR count). The van der Waals surface area contributed by atoms with Crippen LogP contribution in [0.25, 0.3) is 0 Å². The van der Waals surface area contributed by atoms with Gasteiger partial charge in [-0.3, -0.25) is 0 Å². The average molecular weight is 351 g/mol. The van der Waals surface area contributed by atoms with E-state index < -0.39 is 0 Å². The van der Waals surface area contributed by atoms with Crippen LogP contribution >= 0.6 is 23.8 Å². The lowest BCUT2D eigenvalue weighted by Gasteiger charge is -2.37. The SMILES string of the molecule is CCOC(=O)C1=C(C)N(C2CC2)C(=S)N[C@@H]1c1ccc(Cl)cc1. The molecule has 1 atom stereocenters. The maximum atomic E-state index is 12.5. The van der Waals surface area contributed by atoms with E-state index in [9.17, 15) is 4.79 Å². The second-order valence-electron chi connectivity index (χ2n) is 5.75. The number of benzene rings is 1. The summed E-state index contributed by atoms with van der Waals surface area (Å²) >= 11 is 11.5. The Hall–Kier alpha value is -1.59. The summed E-state index contributed by atoms with van der Waals surface area (Å²) in [6, 6.07) is 7.52. The monoisotopic (exact) mass is 350 g/mol. The zero-order valence-electron chi connectivity index (χ0n) is 13.1. The first-order chi connectivity index (χ1) is 11.0. The summed E-state index contributed by atoms with van der Waals surface area (Å²) in [6.45, 7) is 4.10. The number of rotatable bonds is 4. The molecular formula is C17H19ClN2O2S. The topological polar surface area (TPSA) is 41.6 Å². The van der Waals surface area contributed by atoms with E-state index in [2.05, 4.69) is 5.32 Å². The number of esters is 1. The van der Waals surface area contributed by atoms with Crippen LogP contribution in [-0.2, 0) is 9.53 Å². The predicted molar refractivity (Wildman–Crippen MR) is 94.1 cm³/mol. The summed E-state index contributed by atoms with van der Waals surface area (Å²) in [4.78, 5) is 14.6. The van der Waals surface area contributed by atoms with Crippen molar-refractivity contribution in [2.75, 3.05) is 6.61 Å². The minimum absolute atomic E-state index is 0.300. The molecule has 1 aromatic carbocycles. The molecule has 0 unspecified atom stereocenters. The lowest BCUT2D eigenvalue weighted by Crippen LogP contribution is -2.48. The average Bonchev–Trinajstić information content (AvgIpc) is 3.32. The Kier molecular flexibility index (Phi) is 4.60. The van der Waals surface area contributed by atoms with Gasteiger partial charge in [-0.1, -0.05) is 23.7 Å². The number of nitrogens with one attached hydrogen (secondary N) is 1. The highest BCUT2D eigenvalue weighted by Crippen LogP contribution is 2.38. The third-order valence-corrected chi connectivity index (χ3v) is 4.70. The molecule has 6 heteroatoms. The number of halogens is 1. The number of allylic oxidation sites excluding steroid dienone is 1. The van der Waals surface area contributed by atoms with Crippen molar-refractivity contribution >= 4 is 34.9 Å². The molecule has 0 amide bonds. The molecule has 0 aromatic heterocycles. The number of nitrogens with zero attached hydrogens (tertiary/aromatic N) is 1. The summed E-state index contributed by atoms with van der Waals surface area (Å²) in [5.74, 6) is -0.300. The lowest BCUT2D eigenvalue weighted by molar-refractivity contribution is -0.139. The highest BCUT2D eigenvalue weighted by atomic mass is 35.5. The molecule has 1 fully saturated rings. The van der Waals surface area contributed by atoms with Gasteiger partial charge in [0.15, 0.2) is 5.11 Å². The molecule has 0 saturated heterocycles. The maximum Gasteiger partial charge on any atom is 0.338 e. The molecule has 0 bridgehead atoms. The first kappa shape index (κ1) is 16.3. The van der Waals surface area contributed by atoms with Crippen LogP contribution in [0.4, 0.5) is 0 Å². The Morgan fingerprint density at radius 2 is 2.04 bits per heavy atom. The molecule has 23 heavy (non-hydrogen) atoms. The highest BCUT2D eigenvalue weighted by molar-refractivity contribution is 7.80. The zero-order valence-corrected chi connectivity index (χ0v) is 14.7. The van der Waals surface area contributed by atoms with Gasteiger partial charge < -0.3 is 15.0 Å². The van der Waals surface area contributed by atoms with Crippen LogP contribution in [0.1, 0.15) is 38.3 Å². The van der Waals surface area contributed by atoms with Crippen LogP contribution in [0.2, 0.25) is 5.02 Å². The largest absolute Gasteiger partial charge is 0.463 e. The van der Waals surface area contributed by atoms with E-state index >= 15 is 0 Å². The summed E-state index contributed by atoms with van der Waals surface area (Å²) in [5, 5.41) is 4.62. The Morgan fingerprint density at radius 3 is 2.61 bits per heavy atom. The van der Waals surface area contributed by atoms with Crippen molar-refractivity contribution in [2.45, 2.75) is 38.8 Å². The predicted octanol–water partition coefficient (Wildman–Crippen LogP) is 3.57. The zero-order chi connectivity index (χ0) is 16.6. The number of hydrogen-bond acceptors (Lipinski definition) is 3. The van der Waals surface area contributed by atoms with Gasteiger partial charge in [0, 0.05) is 16.8 Å². The first-order valence-electron chi connectivity index (χ1n) is 7.76. The number of hydrogen-bond donors (Lipinski definition) is 1. The van der Waals surface area contributed by atoms with E-state index in [0.717, 1.165) is 24.1 Å². The van der Waals surface area contributed by atoms with E-state index in [1.165, 1.54) is 0 Å². The number of carbonyl (C=O) groups is 1. The van der Waals surface area contributed by atoms with Gasteiger partial charge >= 0.3 is 5.97 Å². The number of carbonyl (C=O) groups excluding carboxylic acids is 1. The van der Waals surface area contributed by atoms with Gasteiger partial charge in [-0.2, -0.15) is 0 Å². The molecule has 0 spiro atoms. The molecule has 1 aliphatic heterocycles. The van der Waals surface area contributed by atoms with Crippen molar-refractivity contribution in [3.05, 3.63) is 46.1 Å². The molecule has 4 nitrogen and oxygen atoms in total.